The fourth-order valence-electron chi connectivity index (χ4n) is 1.67. The average molecular weight is 258 g/mol. The van der Waals surface area contributed by atoms with Crippen LogP contribution in [0.1, 0.15) is 24.4 Å². The first-order valence-corrected chi connectivity index (χ1v) is 5.52. The van der Waals surface area contributed by atoms with Crippen molar-refractivity contribution < 1.29 is 19.4 Å². The number of carboxylic acid groups (broad SMARTS) is 1. The fourth-order valence-corrected chi connectivity index (χ4v) is 2.03. The van der Waals surface area contributed by atoms with E-state index in [1.165, 1.54) is 0 Å². The Balaban J connectivity index is 2.18. The highest BCUT2D eigenvalue weighted by molar-refractivity contribution is 6.33. The van der Waals surface area contributed by atoms with Gasteiger partial charge in [0.25, 0.3) is 0 Å². The van der Waals surface area contributed by atoms with E-state index in [-0.39, 0.29) is 13.2 Å². The smallest absolute Gasteiger partial charge is 0.303 e. The molecule has 6 heteroatoms. The molecule has 1 heterocycles. The number of carbonyl (C=O) groups is 1. The molecule has 1 atom stereocenters. The van der Waals surface area contributed by atoms with E-state index in [4.69, 9.17) is 31.9 Å². The third-order valence-corrected chi connectivity index (χ3v) is 2.97. The Morgan fingerprint density at radius 3 is 3.00 bits per heavy atom. The Labute approximate surface area is 103 Å². The molecular formula is C11H12ClNO4. The molecule has 2 rings (SSSR count). The number of ether oxygens (including phenoxy) is 2. The van der Waals surface area contributed by atoms with Crippen LogP contribution in [0.2, 0.25) is 5.02 Å². The first-order chi connectivity index (χ1) is 8.09. The third-order valence-electron chi connectivity index (χ3n) is 2.58. The maximum atomic E-state index is 10.5. The number of nitrogens with two attached hydrogens (primary N) is 1. The molecule has 3 N–H and O–H groups in total. The number of hydrogen-bond acceptors (Lipinski definition) is 4. The second-order valence-corrected chi connectivity index (χ2v) is 4.12. The predicted octanol–water partition coefficient (Wildman–Crippen LogP) is 1.93. The zero-order valence-electron chi connectivity index (χ0n) is 8.98. The summed E-state index contributed by atoms with van der Waals surface area (Å²) in [6.45, 7) is 0.142. The molecule has 0 saturated carbocycles. The standard InChI is InChI=1S/C11H12ClNO4/c12-10-6(7(13)2-4-9(14)15)1-3-8-11(10)17-5-16-8/h1,3,7H,2,4-5,13H2,(H,14,15). The summed E-state index contributed by atoms with van der Waals surface area (Å²) in [5.41, 5.74) is 6.57. The van der Waals surface area contributed by atoms with Crippen LogP contribution < -0.4 is 15.2 Å². The van der Waals surface area contributed by atoms with Crippen molar-refractivity contribution in [3.05, 3.63) is 22.7 Å². The van der Waals surface area contributed by atoms with Gasteiger partial charge >= 0.3 is 5.97 Å². The molecule has 0 fully saturated rings. The van der Waals surface area contributed by atoms with E-state index in [0.29, 0.717) is 28.5 Å². The zero-order valence-corrected chi connectivity index (χ0v) is 9.74. The Morgan fingerprint density at radius 2 is 2.29 bits per heavy atom. The minimum absolute atomic E-state index is 0.00589. The highest BCUT2D eigenvalue weighted by atomic mass is 35.5. The predicted molar refractivity (Wildman–Crippen MR) is 61.4 cm³/mol. The lowest BCUT2D eigenvalue weighted by atomic mass is 10.0. The molecule has 92 valence electrons. The lowest BCUT2D eigenvalue weighted by molar-refractivity contribution is -0.137. The topological polar surface area (TPSA) is 81.8 Å². The van der Waals surface area contributed by atoms with E-state index in [2.05, 4.69) is 0 Å². The second kappa shape index (κ2) is 4.81. The minimum Gasteiger partial charge on any atom is -0.481 e. The van der Waals surface area contributed by atoms with E-state index >= 15 is 0 Å². The van der Waals surface area contributed by atoms with Crippen LogP contribution in [0.3, 0.4) is 0 Å². The number of hydrogen-bond donors (Lipinski definition) is 2. The Kier molecular flexibility index (Phi) is 3.40. The van der Waals surface area contributed by atoms with Gasteiger partial charge in [-0.1, -0.05) is 17.7 Å². The molecule has 0 aromatic heterocycles. The van der Waals surface area contributed by atoms with Crippen molar-refractivity contribution in [2.75, 3.05) is 6.79 Å². The Bertz CT molecular complexity index is 449. The molecule has 5 nitrogen and oxygen atoms in total. The highest BCUT2D eigenvalue weighted by Crippen LogP contribution is 2.42. The number of carboxylic acids is 1. The summed E-state index contributed by atoms with van der Waals surface area (Å²) in [6, 6.07) is 3.04. The molecule has 0 amide bonds. The van der Waals surface area contributed by atoms with Gasteiger partial charge in [0.1, 0.15) is 0 Å². The summed E-state index contributed by atoms with van der Waals surface area (Å²) in [6.07, 6.45) is 0.334. The van der Waals surface area contributed by atoms with Crippen molar-refractivity contribution in [2.45, 2.75) is 18.9 Å². The Hall–Kier alpha value is -1.46. The van der Waals surface area contributed by atoms with Crippen LogP contribution in [0.15, 0.2) is 12.1 Å². The van der Waals surface area contributed by atoms with Crippen molar-refractivity contribution in [1.29, 1.82) is 0 Å². The van der Waals surface area contributed by atoms with Crippen molar-refractivity contribution in [1.82, 2.24) is 0 Å². The van der Waals surface area contributed by atoms with Gasteiger partial charge in [0.05, 0.1) is 5.02 Å². The van der Waals surface area contributed by atoms with Crippen LogP contribution in [0.4, 0.5) is 0 Å². The van der Waals surface area contributed by atoms with Crippen LogP contribution in [0.25, 0.3) is 0 Å². The van der Waals surface area contributed by atoms with E-state index in [9.17, 15) is 4.79 Å². The van der Waals surface area contributed by atoms with E-state index < -0.39 is 12.0 Å². The molecule has 0 aliphatic carbocycles. The van der Waals surface area contributed by atoms with Crippen LogP contribution in [-0.4, -0.2) is 17.9 Å². The molecule has 1 aromatic carbocycles. The molecule has 1 aromatic rings. The fraction of sp³-hybridized carbons (Fsp3) is 0.364. The molecular weight excluding hydrogens is 246 g/mol. The normalized spacial score (nSPS) is 14.7. The summed E-state index contributed by atoms with van der Waals surface area (Å²) in [5.74, 6) is 0.191. The van der Waals surface area contributed by atoms with Crippen molar-refractivity contribution in [3.63, 3.8) is 0 Å². The van der Waals surface area contributed by atoms with Crippen molar-refractivity contribution in [3.8, 4) is 11.5 Å². The van der Waals surface area contributed by atoms with Gasteiger partial charge in [-0.05, 0) is 18.1 Å². The average Bonchev–Trinajstić information content (AvgIpc) is 2.75. The number of benzene rings is 1. The zero-order chi connectivity index (χ0) is 12.4. The molecule has 17 heavy (non-hydrogen) atoms. The molecule has 0 spiro atoms. The minimum atomic E-state index is -0.877. The van der Waals surface area contributed by atoms with Gasteiger partial charge < -0.3 is 20.3 Å². The summed E-state index contributed by atoms with van der Waals surface area (Å²) < 4.78 is 10.4. The summed E-state index contributed by atoms with van der Waals surface area (Å²) in [5, 5.41) is 9.00. The number of rotatable bonds is 4. The van der Waals surface area contributed by atoms with Gasteiger partial charge in [0, 0.05) is 12.5 Å². The summed E-state index contributed by atoms with van der Waals surface area (Å²) in [4.78, 5) is 10.5. The van der Waals surface area contributed by atoms with Gasteiger partial charge in [-0.2, -0.15) is 0 Å². The van der Waals surface area contributed by atoms with Gasteiger partial charge in [0.2, 0.25) is 6.79 Å². The van der Waals surface area contributed by atoms with E-state index in [1.54, 1.807) is 12.1 Å². The number of halogens is 1. The lowest BCUT2D eigenvalue weighted by Gasteiger charge is -2.13. The number of fused-ring (bicyclic) bond motifs is 1. The molecule has 0 saturated heterocycles. The van der Waals surface area contributed by atoms with Crippen LogP contribution in [0, 0.1) is 0 Å². The molecule has 1 unspecified atom stereocenters. The number of aliphatic carboxylic acids is 1. The lowest BCUT2D eigenvalue weighted by Crippen LogP contribution is -2.12. The molecule has 0 radical (unpaired) electrons. The SMILES string of the molecule is NC(CCC(=O)O)c1ccc2c(c1Cl)OCO2. The summed E-state index contributed by atoms with van der Waals surface area (Å²) >= 11 is 6.13. The third kappa shape index (κ3) is 2.45. The largest absolute Gasteiger partial charge is 0.481 e. The van der Waals surface area contributed by atoms with Crippen LogP contribution in [-0.2, 0) is 4.79 Å². The second-order valence-electron chi connectivity index (χ2n) is 3.74. The van der Waals surface area contributed by atoms with Crippen molar-refractivity contribution in [2.24, 2.45) is 5.73 Å². The van der Waals surface area contributed by atoms with Gasteiger partial charge in [-0.3, -0.25) is 4.79 Å². The first-order valence-electron chi connectivity index (χ1n) is 5.15. The molecule has 0 bridgehead atoms. The van der Waals surface area contributed by atoms with Gasteiger partial charge in [0.15, 0.2) is 11.5 Å². The molecule has 1 aliphatic rings. The van der Waals surface area contributed by atoms with E-state index in [0.717, 1.165) is 0 Å². The monoisotopic (exact) mass is 257 g/mol. The maximum Gasteiger partial charge on any atom is 0.303 e. The first kappa shape index (κ1) is 12.0. The van der Waals surface area contributed by atoms with Crippen molar-refractivity contribution >= 4 is 17.6 Å². The highest BCUT2D eigenvalue weighted by Gasteiger charge is 2.22. The Morgan fingerprint density at radius 1 is 1.53 bits per heavy atom. The molecule has 1 aliphatic heterocycles. The van der Waals surface area contributed by atoms with Gasteiger partial charge in [-0.25, -0.2) is 0 Å². The maximum absolute atomic E-state index is 10.5. The summed E-state index contributed by atoms with van der Waals surface area (Å²) in [7, 11) is 0. The van der Waals surface area contributed by atoms with Crippen LogP contribution >= 0.6 is 11.6 Å². The van der Waals surface area contributed by atoms with Gasteiger partial charge in [-0.15, -0.1) is 0 Å². The quantitative estimate of drug-likeness (QED) is 0.861. The van der Waals surface area contributed by atoms with Crippen LogP contribution in [0.5, 0.6) is 11.5 Å². The van der Waals surface area contributed by atoms with E-state index in [1.807, 2.05) is 0 Å².